The Labute approximate surface area is 198 Å². The van der Waals surface area contributed by atoms with Crippen molar-refractivity contribution in [3.05, 3.63) is 77.4 Å². The van der Waals surface area contributed by atoms with Gasteiger partial charge in [0.25, 0.3) is 0 Å². The minimum atomic E-state index is -4.60. The summed E-state index contributed by atoms with van der Waals surface area (Å²) < 4.78 is 73.7. The third-order valence-electron chi connectivity index (χ3n) is 6.27. The second-order valence-electron chi connectivity index (χ2n) is 8.43. The Morgan fingerprint density at radius 1 is 0.971 bits per heavy atom. The van der Waals surface area contributed by atoms with Gasteiger partial charge in [-0.05, 0) is 82.6 Å². The van der Waals surface area contributed by atoms with Gasteiger partial charge in [0.1, 0.15) is 5.78 Å². The van der Waals surface area contributed by atoms with Crippen LogP contribution in [0.1, 0.15) is 32.4 Å². The van der Waals surface area contributed by atoms with E-state index >= 15 is 0 Å². The van der Waals surface area contributed by atoms with Crippen LogP contribution in [0.25, 0.3) is 11.1 Å². The number of hydrogen-bond acceptors (Lipinski definition) is 5. The summed E-state index contributed by atoms with van der Waals surface area (Å²) >= 11 is -2.44. The fourth-order valence-corrected chi connectivity index (χ4v) is 4.64. The summed E-state index contributed by atoms with van der Waals surface area (Å²) in [4.78, 5) is 13.3. The smallest absolute Gasteiger partial charge is 0.416 e. The van der Waals surface area contributed by atoms with Crippen LogP contribution >= 0.6 is 0 Å². The van der Waals surface area contributed by atoms with Crippen LogP contribution in [0.3, 0.4) is 0 Å². The number of benzene rings is 3. The van der Waals surface area contributed by atoms with Gasteiger partial charge in [-0.2, -0.15) is 13.2 Å². The maximum Gasteiger partial charge on any atom is 0.416 e. The highest BCUT2D eigenvalue weighted by Gasteiger charge is 2.51. The topological polar surface area (TPSA) is 75.7 Å². The van der Waals surface area contributed by atoms with Gasteiger partial charge in [-0.1, -0.05) is 24.3 Å². The molecular formula is C25H22F3O5S-. The fraction of sp³-hybridized carbons (Fsp3) is 0.240. The van der Waals surface area contributed by atoms with Gasteiger partial charge in [-0.15, -0.1) is 0 Å². The van der Waals surface area contributed by atoms with E-state index in [2.05, 4.69) is 0 Å². The first-order chi connectivity index (χ1) is 16.2. The van der Waals surface area contributed by atoms with Gasteiger partial charge in [0, 0.05) is 14.2 Å². The minimum Gasteiger partial charge on any atom is -0.768 e. The molecule has 1 aliphatic carbocycles. The molecule has 5 rings (SSSR count). The molecule has 1 heterocycles. The maximum absolute atomic E-state index is 13.6. The molecule has 0 saturated heterocycles. The number of fused-ring (bicyclic) bond motifs is 1. The van der Waals surface area contributed by atoms with Gasteiger partial charge in [0.2, 0.25) is 6.79 Å². The summed E-state index contributed by atoms with van der Waals surface area (Å²) in [5.41, 5.74) is 0.0974. The van der Waals surface area contributed by atoms with Crippen LogP contribution in [0, 0.1) is 0 Å². The lowest BCUT2D eigenvalue weighted by atomic mass is 9.87. The summed E-state index contributed by atoms with van der Waals surface area (Å²) in [6.45, 7) is 0.110. The second-order valence-corrected chi connectivity index (χ2v) is 9.37. The highest BCUT2D eigenvalue weighted by molar-refractivity contribution is 7.79. The molecule has 0 bridgehead atoms. The molecule has 3 aromatic carbocycles. The van der Waals surface area contributed by atoms with E-state index in [1.807, 2.05) is 0 Å². The van der Waals surface area contributed by atoms with Gasteiger partial charge >= 0.3 is 6.18 Å². The molecule has 1 unspecified atom stereocenters. The molecule has 180 valence electrons. The van der Waals surface area contributed by atoms with E-state index in [4.69, 9.17) is 9.47 Å². The van der Waals surface area contributed by atoms with Crippen LogP contribution in [0.2, 0.25) is 0 Å². The standard InChI is InChI=1S/C25H19F3O5S.2H2/c26-25(27,28)19-10-15(9-17(12-19)16-1-4-20(5-2-16)34(30)31)11-23(29)24(7-8-24)18-3-6-21-22(13-18)33-14-32-21;;/h1-6,9-10,12-13H,7-8,11,14H2,(H,30,31);2*1H/p-1. The van der Waals surface area contributed by atoms with Crippen molar-refractivity contribution in [3.8, 4) is 22.6 Å². The number of ether oxygens (including phenoxy) is 2. The average Bonchev–Trinajstić information content (AvgIpc) is 3.49. The van der Waals surface area contributed by atoms with E-state index in [1.54, 1.807) is 24.3 Å². The molecule has 9 heteroatoms. The number of rotatable bonds is 6. The predicted octanol–water partition coefficient (Wildman–Crippen LogP) is 5.67. The van der Waals surface area contributed by atoms with Crippen molar-refractivity contribution in [2.75, 3.05) is 6.79 Å². The summed E-state index contributed by atoms with van der Waals surface area (Å²) in [5, 5.41) is 0. The molecule has 5 nitrogen and oxygen atoms in total. The van der Waals surface area contributed by atoms with Crippen molar-refractivity contribution in [3.63, 3.8) is 0 Å². The quantitative estimate of drug-likeness (QED) is 0.415. The van der Waals surface area contributed by atoms with Crippen LogP contribution in [-0.4, -0.2) is 21.3 Å². The fourth-order valence-electron chi connectivity index (χ4n) is 4.29. The zero-order valence-corrected chi connectivity index (χ0v) is 18.5. The van der Waals surface area contributed by atoms with E-state index in [9.17, 15) is 26.7 Å². The molecular weight excluding hydrogens is 469 g/mol. The van der Waals surface area contributed by atoms with E-state index < -0.39 is 28.2 Å². The zero-order chi connectivity index (χ0) is 24.1. The lowest BCUT2D eigenvalue weighted by Crippen LogP contribution is -2.22. The summed E-state index contributed by atoms with van der Waals surface area (Å²) in [6.07, 6.45) is -3.52. The van der Waals surface area contributed by atoms with Crippen LogP contribution < -0.4 is 9.47 Å². The Balaban J connectivity index is 0.00000180. The molecule has 0 aromatic heterocycles. The van der Waals surface area contributed by atoms with Gasteiger partial charge in [0.05, 0.1) is 11.0 Å². The molecule has 0 amide bonds. The number of ketones is 1. The lowest BCUT2D eigenvalue weighted by Gasteiger charge is -2.17. The second kappa shape index (κ2) is 8.25. The van der Waals surface area contributed by atoms with Crippen molar-refractivity contribution in [1.29, 1.82) is 0 Å². The van der Waals surface area contributed by atoms with Crippen molar-refractivity contribution in [2.45, 2.75) is 35.7 Å². The highest BCUT2D eigenvalue weighted by Crippen LogP contribution is 2.51. The first-order valence-corrected chi connectivity index (χ1v) is 11.6. The molecule has 2 aliphatic rings. The normalized spacial score (nSPS) is 16.8. The number of hydrogen-bond donors (Lipinski definition) is 0. The van der Waals surface area contributed by atoms with Crippen molar-refractivity contribution in [1.82, 2.24) is 0 Å². The van der Waals surface area contributed by atoms with Crippen molar-refractivity contribution in [2.24, 2.45) is 0 Å². The first kappa shape index (κ1) is 22.6. The molecule has 0 N–H and O–H groups in total. The summed E-state index contributed by atoms with van der Waals surface area (Å²) in [7, 11) is 0. The Morgan fingerprint density at radius 3 is 2.32 bits per heavy atom. The van der Waals surface area contributed by atoms with Gasteiger partial charge in [-0.25, -0.2) is 0 Å². The largest absolute Gasteiger partial charge is 0.768 e. The number of halogens is 3. The molecule has 1 saturated carbocycles. The molecule has 34 heavy (non-hydrogen) atoms. The summed E-state index contributed by atoms with van der Waals surface area (Å²) in [5.74, 6) is 0.996. The number of Topliss-reactive ketones (excluding diaryl/α,β-unsaturated/α-hetero) is 1. The first-order valence-electron chi connectivity index (χ1n) is 10.5. The van der Waals surface area contributed by atoms with Gasteiger partial charge < -0.3 is 14.0 Å². The number of carbonyl (C=O) groups is 1. The zero-order valence-electron chi connectivity index (χ0n) is 17.7. The molecule has 1 fully saturated rings. The van der Waals surface area contributed by atoms with E-state index in [0.717, 1.165) is 17.7 Å². The van der Waals surface area contributed by atoms with Crippen LogP contribution in [0.5, 0.6) is 11.5 Å². The average molecular weight is 492 g/mol. The Kier molecular flexibility index (Phi) is 5.49. The SMILES string of the molecule is O=C(Cc1cc(-c2ccc(S(=O)[O-])cc2)cc(C(F)(F)F)c1)C1(c2ccc3c(c2)OCO3)CC1.[HH].[HH]. The highest BCUT2D eigenvalue weighted by atomic mass is 32.2. The number of alkyl halides is 3. The molecule has 3 aromatic rings. The van der Waals surface area contributed by atoms with E-state index in [1.165, 1.54) is 24.3 Å². The third-order valence-corrected chi connectivity index (χ3v) is 6.93. The third kappa shape index (κ3) is 4.21. The predicted molar refractivity (Wildman–Crippen MR) is 120 cm³/mol. The van der Waals surface area contributed by atoms with E-state index in [0.29, 0.717) is 29.9 Å². The minimum absolute atomic E-state index is 0. The summed E-state index contributed by atoms with van der Waals surface area (Å²) in [6, 6.07) is 14.4. The Bertz CT molecular complexity index is 1310. The lowest BCUT2D eigenvalue weighted by molar-refractivity contribution is -0.137. The molecule has 1 aliphatic heterocycles. The maximum atomic E-state index is 13.6. The monoisotopic (exact) mass is 491 g/mol. The Hall–Kier alpha value is -3.17. The van der Waals surface area contributed by atoms with Gasteiger partial charge in [0.15, 0.2) is 11.5 Å². The van der Waals surface area contributed by atoms with Crippen LogP contribution in [-0.2, 0) is 33.9 Å². The van der Waals surface area contributed by atoms with Crippen LogP contribution in [0.15, 0.2) is 65.6 Å². The van der Waals surface area contributed by atoms with Crippen LogP contribution in [0.4, 0.5) is 13.2 Å². The van der Waals surface area contributed by atoms with E-state index in [-0.39, 0.29) is 37.9 Å². The molecule has 0 radical (unpaired) electrons. The molecule has 0 spiro atoms. The van der Waals surface area contributed by atoms with Crippen molar-refractivity contribution >= 4 is 16.9 Å². The van der Waals surface area contributed by atoms with Crippen molar-refractivity contribution < 1.29 is 39.1 Å². The number of carbonyl (C=O) groups excluding carboxylic acids is 1. The Morgan fingerprint density at radius 2 is 1.68 bits per heavy atom. The van der Waals surface area contributed by atoms with Gasteiger partial charge in [-0.3, -0.25) is 9.00 Å². The molecule has 1 atom stereocenters.